The van der Waals surface area contributed by atoms with Gasteiger partial charge in [0.1, 0.15) is 5.15 Å². The Kier molecular flexibility index (Phi) is 2.86. The van der Waals surface area contributed by atoms with Gasteiger partial charge >= 0.3 is 0 Å². The number of benzene rings is 1. The summed E-state index contributed by atoms with van der Waals surface area (Å²) in [6.07, 6.45) is -0.650. The number of fused-ring (bicyclic) bond motifs is 1. The van der Waals surface area contributed by atoms with E-state index in [2.05, 4.69) is 4.98 Å². The summed E-state index contributed by atoms with van der Waals surface area (Å²) in [6.45, 7) is 1.65. The summed E-state index contributed by atoms with van der Waals surface area (Å²) in [4.78, 5) is 2.94. The highest BCUT2D eigenvalue weighted by atomic mass is 35.5. The SMILES string of the molecule is CC(O)c1c(Cl)[nH]c2cc(Cl)c(Cl)cc12. The second-order valence-corrected chi connectivity index (χ2v) is 4.53. The van der Waals surface area contributed by atoms with E-state index in [1.807, 2.05) is 0 Å². The average molecular weight is 265 g/mol. The maximum Gasteiger partial charge on any atom is 0.113 e. The van der Waals surface area contributed by atoms with Gasteiger partial charge in [0.25, 0.3) is 0 Å². The van der Waals surface area contributed by atoms with Crippen molar-refractivity contribution in [2.45, 2.75) is 13.0 Å². The van der Waals surface area contributed by atoms with Gasteiger partial charge in [0, 0.05) is 16.5 Å². The van der Waals surface area contributed by atoms with Gasteiger partial charge in [-0.05, 0) is 19.1 Å². The van der Waals surface area contributed by atoms with Crippen LogP contribution in [0.4, 0.5) is 0 Å². The van der Waals surface area contributed by atoms with E-state index in [9.17, 15) is 5.11 Å². The minimum Gasteiger partial charge on any atom is -0.389 e. The molecular formula is C10H8Cl3NO. The molecule has 0 fully saturated rings. The van der Waals surface area contributed by atoms with Crippen molar-refractivity contribution in [3.63, 3.8) is 0 Å². The number of H-pyrrole nitrogens is 1. The predicted octanol–water partition coefficient (Wildman–Crippen LogP) is 4.18. The molecule has 1 aromatic heterocycles. The lowest BCUT2D eigenvalue weighted by molar-refractivity contribution is 0.201. The molecule has 2 rings (SSSR count). The molecule has 2 N–H and O–H groups in total. The summed E-state index contributed by atoms with van der Waals surface area (Å²) in [5.74, 6) is 0. The van der Waals surface area contributed by atoms with E-state index < -0.39 is 6.10 Å². The van der Waals surface area contributed by atoms with Gasteiger partial charge in [-0.15, -0.1) is 0 Å². The molecule has 1 aromatic carbocycles. The largest absolute Gasteiger partial charge is 0.389 e. The molecule has 2 aromatic rings. The second-order valence-electron chi connectivity index (χ2n) is 3.34. The molecule has 1 atom stereocenters. The van der Waals surface area contributed by atoms with Crippen LogP contribution in [0.3, 0.4) is 0 Å². The van der Waals surface area contributed by atoms with Crippen molar-refractivity contribution < 1.29 is 5.11 Å². The zero-order chi connectivity index (χ0) is 11.2. The van der Waals surface area contributed by atoms with Gasteiger partial charge in [0.05, 0.1) is 16.1 Å². The van der Waals surface area contributed by atoms with Crippen LogP contribution in [0.25, 0.3) is 10.9 Å². The fourth-order valence-electron chi connectivity index (χ4n) is 1.59. The molecule has 0 amide bonds. The summed E-state index contributed by atoms with van der Waals surface area (Å²) in [6, 6.07) is 3.39. The van der Waals surface area contributed by atoms with Crippen molar-refractivity contribution in [2.24, 2.45) is 0 Å². The van der Waals surface area contributed by atoms with Gasteiger partial charge in [-0.25, -0.2) is 0 Å². The first-order valence-corrected chi connectivity index (χ1v) is 5.48. The van der Waals surface area contributed by atoms with Crippen LogP contribution in [0.2, 0.25) is 15.2 Å². The van der Waals surface area contributed by atoms with Crippen molar-refractivity contribution in [1.29, 1.82) is 0 Å². The van der Waals surface area contributed by atoms with Crippen LogP contribution in [0, 0.1) is 0 Å². The minimum atomic E-state index is -0.650. The molecular weight excluding hydrogens is 256 g/mol. The molecule has 0 aliphatic heterocycles. The van der Waals surface area contributed by atoms with Crippen LogP contribution < -0.4 is 0 Å². The first-order valence-electron chi connectivity index (χ1n) is 4.35. The van der Waals surface area contributed by atoms with Crippen LogP contribution in [0.1, 0.15) is 18.6 Å². The zero-order valence-corrected chi connectivity index (χ0v) is 10.1. The lowest BCUT2D eigenvalue weighted by Gasteiger charge is -2.03. The van der Waals surface area contributed by atoms with Crippen molar-refractivity contribution in [1.82, 2.24) is 4.98 Å². The first kappa shape index (κ1) is 11.1. The number of aliphatic hydroxyl groups is 1. The molecule has 5 heteroatoms. The third-order valence-corrected chi connectivity index (χ3v) is 3.27. The zero-order valence-electron chi connectivity index (χ0n) is 7.81. The number of nitrogens with one attached hydrogen (secondary N) is 1. The summed E-state index contributed by atoms with van der Waals surface area (Å²) in [7, 11) is 0. The first-order chi connectivity index (χ1) is 7.00. The van der Waals surface area contributed by atoms with Gasteiger partial charge in [0.2, 0.25) is 0 Å². The van der Waals surface area contributed by atoms with Crippen molar-refractivity contribution in [2.75, 3.05) is 0 Å². The second kappa shape index (κ2) is 3.87. The summed E-state index contributed by atoms with van der Waals surface area (Å²) in [5.41, 5.74) is 1.41. The Morgan fingerprint density at radius 2 is 1.80 bits per heavy atom. The number of aromatic amines is 1. The van der Waals surface area contributed by atoms with Gasteiger partial charge in [0.15, 0.2) is 0 Å². The number of aromatic nitrogens is 1. The Bertz CT molecular complexity index is 519. The molecule has 0 bridgehead atoms. The number of hydrogen-bond donors (Lipinski definition) is 2. The minimum absolute atomic E-state index is 0.415. The van der Waals surface area contributed by atoms with E-state index in [0.717, 1.165) is 10.9 Å². The van der Waals surface area contributed by atoms with Crippen LogP contribution in [-0.4, -0.2) is 10.1 Å². The highest BCUT2D eigenvalue weighted by Gasteiger charge is 2.15. The molecule has 2 nitrogen and oxygen atoms in total. The topological polar surface area (TPSA) is 36.0 Å². The molecule has 0 aliphatic carbocycles. The number of rotatable bonds is 1. The Morgan fingerprint density at radius 3 is 2.40 bits per heavy atom. The standard InChI is InChI=1S/C10H8Cl3NO/c1-4(15)9-5-2-6(11)7(12)3-8(5)14-10(9)13/h2-4,14-15H,1H3. The Balaban J connectivity index is 2.81. The molecule has 15 heavy (non-hydrogen) atoms. The molecule has 0 spiro atoms. The lowest BCUT2D eigenvalue weighted by atomic mass is 10.1. The van der Waals surface area contributed by atoms with Gasteiger partial charge in [-0.2, -0.15) is 0 Å². The van der Waals surface area contributed by atoms with Gasteiger partial charge in [-0.1, -0.05) is 34.8 Å². The van der Waals surface area contributed by atoms with Gasteiger partial charge < -0.3 is 10.1 Å². The average Bonchev–Trinajstić information content (AvgIpc) is 2.41. The lowest BCUT2D eigenvalue weighted by Crippen LogP contribution is -1.89. The molecule has 0 saturated heterocycles. The molecule has 80 valence electrons. The maximum absolute atomic E-state index is 9.57. The third-order valence-electron chi connectivity index (χ3n) is 2.25. The molecule has 1 heterocycles. The Morgan fingerprint density at radius 1 is 1.20 bits per heavy atom. The van der Waals surface area contributed by atoms with E-state index in [0.29, 0.717) is 20.8 Å². The van der Waals surface area contributed by atoms with Gasteiger partial charge in [-0.3, -0.25) is 0 Å². The van der Waals surface area contributed by atoms with Crippen LogP contribution in [-0.2, 0) is 0 Å². The monoisotopic (exact) mass is 263 g/mol. The highest BCUT2D eigenvalue weighted by molar-refractivity contribution is 6.43. The molecule has 0 aliphatic rings. The summed E-state index contributed by atoms with van der Waals surface area (Å²) >= 11 is 17.7. The van der Waals surface area contributed by atoms with E-state index in [1.165, 1.54) is 0 Å². The number of halogens is 3. The summed E-state index contributed by atoms with van der Waals surface area (Å²) < 4.78 is 0. The van der Waals surface area contributed by atoms with E-state index >= 15 is 0 Å². The quantitative estimate of drug-likeness (QED) is 0.796. The van der Waals surface area contributed by atoms with E-state index in [1.54, 1.807) is 19.1 Å². The third kappa shape index (κ3) is 1.83. The smallest absolute Gasteiger partial charge is 0.113 e. The molecule has 1 unspecified atom stereocenters. The Hall–Kier alpha value is -0.410. The van der Waals surface area contributed by atoms with Crippen LogP contribution in [0.5, 0.6) is 0 Å². The highest BCUT2D eigenvalue weighted by Crippen LogP contribution is 2.35. The fourth-order valence-corrected chi connectivity index (χ4v) is 2.27. The molecule has 0 saturated carbocycles. The van der Waals surface area contributed by atoms with Crippen molar-refractivity contribution in [3.05, 3.63) is 32.9 Å². The number of hydrogen-bond acceptors (Lipinski definition) is 1. The van der Waals surface area contributed by atoms with Crippen LogP contribution in [0.15, 0.2) is 12.1 Å². The van der Waals surface area contributed by atoms with Crippen molar-refractivity contribution in [3.8, 4) is 0 Å². The predicted molar refractivity (Wildman–Crippen MR) is 64.0 cm³/mol. The van der Waals surface area contributed by atoms with Crippen LogP contribution >= 0.6 is 34.8 Å². The number of aliphatic hydroxyl groups excluding tert-OH is 1. The van der Waals surface area contributed by atoms with E-state index in [-0.39, 0.29) is 0 Å². The fraction of sp³-hybridized carbons (Fsp3) is 0.200. The molecule has 0 radical (unpaired) electrons. The maximum atomic E-state index is 9.57. The normalized spacial score (nSPS) is 13.4. The van der Waals surface area contributed by atoms with Crippen molar-refractivity contribution >= 4 is 45.7 Å². The Labute approximate surface area is 102 Å². The van der Waals surface area contributed by atoms with E-state index in [4.69, 9.17) is 34.8 Å². The summed E-state index contributed by atoms with van der Waals surface area (Å²) in [5, 5.41) is 11.7.